The quantitative estimate of drug-likeness (QED) is 0.0804. The molecule has 1 aromatic heterocycles. The van der Waals surface area contributed by atoms with Gasteiger partial charge in [-0.2, -0.15) is 0 Å². The summed E-state index contributed by atoms with van der Waals surface area (Å²) in [5.74, 6) is 0. The molecule has 0 spiro atoms. The van der Waals surface area contributed by atoms with Crippen LogP contribution in [0.1, 0.15) is 80.1 Å². The maximum Gasteiger partial charge on any atom is 0.407 e. The molecule has 260 valence electrons. The van der Waals surface area contributed by atoms with Crippen molar-refractivity contribution in [3.63, 3.8) is 0 Å². The Morgan fingerprint density at radius 3 is 1.64 bits per heavy atom. The van der Waals surface area contributed by atoms with Crippen molar-refractivity contribution in [2.24, 2.45) is 0 Å². The summed E-state index contributed by atoms with van der Waals surface area (Å²) in [4.78, 5) is 31.2. The van der Waals surface area contributed by atoms with Crippen LogP contribution < -0.4 is 21.3 Å². The van der Waals surface area contributed by atoms with Gasteiger partial charge in [-0.15, -0.1) is 0 Å². The number of rotatable bonds is 19. The molecule has 2 amide bonds. The molecule has 3 rings (SSSR count). The van der Waals surface area contributed by atoms with Gasteiger partial charge in [-0.25, -0.2) is 14.6 Å². The molecule has 0 radical (unpaired) electrons. The minimum Gasteiger partial charge on any atom is -0.444 e. The normalized spacial score (nSPS) is 12.0. The third-order valence-corrected chi connectivity index (χ3v) is 7.39. The van der Waals surface area contributed by atoms with Crippen LogP contribution in [0.15, 0.2) is 48.5 Å². The lowest BCUT2D eigenvalue weighted by Gasteiger charge is -2.23. The SMILES string of the molecule is CC(C)(C)OC(=O)NCCCNCCCCN(CCCCNc1c2ccccc2nc2ccccc12)CCCNC(=O)OC(C)(C)C. The molecule has 10 nitrogen and oxygen atoms in total. The first kappa shape index (κ1) is 37.8. The second kappa shape index (κ2) is 19.3. The molecule has 0 saturated carbocycles. The van der Waals surface area contributed by atoms with E-state index in [0.717, 1.165) is 105 Å². The van der Waals surface area contributed by atoms with Crippen molar-refractivity contribution < 1.29 is 19.1 Å². The first-order valence-corrected chi connectivity index (χ1v) is 17.3. The number of pyridine rings is 1. The fourth-order valence-corrected chi connectivity index (χ4v) is 5.28. The Balaban J connectivity index is 1.40. The monoisotopic (exact) mass is 650 g/mol. The summed E-state index contributed by atoms with van der Waals surface area (Å²) in [6.07, 6.45) is 5.30. The third kappa shape index (κ3) is 15.2. The Bertz CT molecular complexity index is 1330. The van der Waals surface area contributed by atoms with E-state index in [9.17, 15) is 9.59 Å². The molecular formula is C37H58N6O4. The van der Waals surface area contributed by atoms with Crippen LogP contribution in [-0.4, -0.2) is 85.6 Å². The Morgan fingerprint density at radius 2 is 1.09 bits per heavy atom. The number of nitrogens with one attached hydrogen (secondary N) is 4. The van der Waals surface area contributed by atoms with Gasteiger partial charge in [-0.1, -0.05) is 36.4 Å². The first-order chi connectivity index (χ1) is 22.4. The fourth-order valence-electron chi connectivity index (χ4n) is 5.28. The van der Waals surface area contributed by atoms with Gasteiger partial charge in [0.15, 0.2) is 0 Å². The van der Waals surface area contributed by atoms with Gasteiger partial charge in [-0.05, 0) is 125 Å². The van der Waals surface area contributed by atoms with Crippen molar-refractivity contribution in [3.05, 3.63) is 48.5 Å². The number of unbranched alkanes of at least 4 members (excludes halogenated alkanes) is 2. The zero-order valence-corrected chi connectivity index (χ0v) is 29.5. The maximum absolute atomic E-state index is 12.1. The number of benzene rings is 2. The minimum atomic E-state index is -0.498. The average molecular weight is 651 g/mol. The molecule has 4 N–H and O–H groups in total. The number of hydrogen-bond acceptors (Lipinski definition) is 8. The van der Waals surface area contributed by atoms with E-state index in [-0.39, 0.29) is 12.2 Å². The van der Waals surface area contributed by atoms with Crippen LogP contribution in [0.25, 0.3) is 21.8 Å². The van der Waals surface area contributed by atoms with Crippen molar-refractivity contribution >= 4 is 39.7 Å². The molecule has 0 fully saturated rings. The van der Waals surface area contributed by atoms with Crippen molar-refractivity contribution in [2.75, 3.05) is 57.7 Å². The average Bonchev–Trinajstić information content (AvgIpc) is 2.99. The number of nitrogens with zero attached hydrogens (tertiary/aromatic N) is 2. The zero-order valence-electron chi connectivity index (χ0n) is 29.5. The van der Waals surface area contributed by atoms with Gasteiger partial charge in [0.1, 0.15) is 11.2 Å². The number of amides is 2. The number of fused-ring (bicyclic) bond motifs is 2. The minimum absolute atomic E-state index is 0.362. The van der Waals surface area contributed by atoms with Crippen molar-refractivity contribution in [3.8, 4) is 0 Å². The molecule has 0 aliphatic rings. The van der Waals surface area contributed by atoms with Gasteiger partial charge in [-0.3, -0.25) is 0 Å². The molecule has 0 bridgehead atoms. The zero-order chi connectivity index (χ0) is 34.1. The summed E-state index contributed by atoms with van der Waals surface area (Å²) >= 11 is 0. The highest BCUT2D eigenvalue weighted by Gasteiger charge is 2.16. The predicted octanol–water partition coefficient (Wildman–Crippen LogP) is 7.08. The van der Waals surface area contributed by atoms with Gasteiger partial charge >= 0.3 is 12.2 Å². The molecule has 3 aromatic rings. The number of anilines is 1. The van der Waals surface area contributed by atoms with Crippen LogP contribution in [0.4, 0.5) is 15.3 Å². The van der Waals surface area contributed by atoms with E-state index in [1.54, 1.807) is 0 Å². The predicted molar refractivity (Wildman–Crippen MR) is 193 cm³/mol. The van der Waals surface area contributed by atoms with Gasteiger partial charge in [0.25, 0.3) is 0 Å². The van der Waals surface area contributed by atoms with Crippen molar-refractivity contribution in [2.45, 2.75) is 91.3 Å². The standard InChI is InChI=1S/C37H58N6O4/c1-36(2,3)46-34(44)40-24-15-22-38-21-11-13-26-43(28-16-25-41-35(45)47-37(4,5)6)27-14-12-23-39-33-29-17-7-9-19-31(29)42-32-20-10-8-18-30(32)33/h7-10,17-20,38H,11-16,21-28H2,1-6H3,(H,39,42)(H,40,44)(H,41,45). The maximum atomic E-state index is 12.1. The molecule has 2 aromatic carbocycles. The molecule has 0 unspecified atom stereocenters. The number of para-hydroxylation sites is 2. The van der Waals surface area contributed by atoms with E-state index < -0.39 is 11.2 Å². The molecule has 47 heavy (non-hydrogen) atoms. The van der Waals surface area contributed by atoms with Crippen LogP contribution >= 0.6 is 0 Å². The van der Waals surface area contributed by atoms with E-state index >= 15 is 0 Å². The van der Waals surface area contributed by atoms with Crippen LogP contribution in [-0.2, 0) is 9.47 Å². The smallest absolute Gasteiger partial charge is 0.407 e. The Labute approximate surface area is 281 Å². The highest BCUT2D eigenvalue weighted by Crippen LogP contribution is 2.30. The van der Waals surface area contributed by atoms with Crippen molar-refractivity contribution in [1.82, 2.24) is 25.8 Å². The van der Waals surface area contributed by atoms with E-state index in [0.29, 0.717) is 13.1 Å². The highest BCUT2D eigenvalue weighted by molar-refractivity contribution is 6.07. The second-order valence-electron chi connectivity index (χ2n) is 14.0. The molecule has 0 saturated heterocycles. The van der Waals surface area contributed by atoms with E-state index in [1.807, 2.05) is 53.7 Å². The number of alkyl carbamates (subject to hydrolysis) is 2. The Hall–Kier alpha value is -3.63. The van der Waals surface area contributed by atoms with Crippen LogP contribution in [0.3, 0.4) is 0 Å². The molecule has 0 aliphatic carbocycles. The third-order valence-electron chi connectivity index (χ3n) is 7.39. The van der Waals surface area contributed by atoms with Crippen LogP contribution in [0.5, 0.6) is 0 Å². The Morgan fingerprint density at radius 1 is 0.617 bits per heavy atom. The van der Waals surface area contributed by atoms with Gasteiger partial charge in [0.05, 0.1) is 16.7 Å². The van der Waals surface area contributed by atoms with Crippen LogP contribution in [0.2, 0.25) is 0 Å². The summed E-state index contributed by atoms with van der Waals surface area (Å²) in [6.45, 7) is 18.0. The first-order valence-electron chi connectivity index (χ1n) is 17.3. The molecule has 0 aliphatic heterocycles. The molecule has 10 heteroatoms. The number of aromatic nitrogens is 1. The second-order valence-corrected chi connectivity index (χ2v) is 14.0. The highest BCUT2D eigenvalue weighted by atomic mass is 16.6. The molecular weight excluding hydrogens is 592 g/mol. The van der Waals surface area contributed by atoms with Gasteiger partial charge in [0.2, 0.25) is 0 Å². The summed E-state index contributed by atoms with van der Waals surface area (Å²) in [5, 5.41) is 15.2. The number of carbonyl (C=O) groups is 2. The van der Waals surface area contributed by atoms with Gasteiger partial charge in [0, 0.05) is 30.4 Å². The summed E-state index contributed by atoms with van der Waals surface area (Å²) in [5.41, 5.74) is 2.19. The largest absolute Gasteiger partial charge is 0.444 e. The summed E-state index contributed by atoms with van der Waals surface area (Å²) < 4.78 is 10.6. The number of ether oxygens (including phenoxy) is 2. The molecule has 0 atom stereocenters. The Kier molecular flexibility index (Phi) is 15.5. The lowest BCUT2D eigenvalue weighted by Crippen LogP contribution is -2.35. The fraction of sp³-hybridized carbons (Fsp3) is 0.595. The lowest BCUT2D eigenvalue weighted by atomic mass is 10.1. The van der Waals surface area contributed by atoms with E-state index in [4.69, 9.17) is 14.5 Å². The number of hydrogen-bond donors (Lipinski definition) is 4. The van der Waals surface area contributed by atoms with Crippen molar-refractivity contribution in [1.29, 1.82) is 0 Å². The van der Waals surface area contributed by atoms with Crippen LogP contribution in [0, 0.1) is 0 Å². The topological polar surface area (TPSA) is 117 Å². The van der Waals surface area contributed by atoms with E-state index in [2.05, 4.69) is 62.6 Å². The summed E-state index contributed by atoms with van der Waals surface area (Å²) in [6, 6.07) is 16.6. The lowest BCUT2D eigenvalue weighted by molar-refractivity contribution is 0.0514. The van der Waals surface area contributed by atoms with E-state index in [1.165, 1.54) is 0 Å². The molecule has 1 heterocycles. The number of carbonyl (C=O) groups excluding carboxylic acids is 2. The summed E-state index contributed by atoms with van der Waals surface area (Å²) in [7, 11) is 0. The van der Waals surface area contributed by atoms with Gasteiger partial charge < -0.3 is 35.6 Å².